The molecule has 0 amide bonds. The third-order valence-corrected chi connectivity index (χ3v) is 5.00. The molecule has 0 spiro atoms. The molecule has 1 aliphatic rings. The van der Waals surface area contributed by atoms with E-state index in [1.165, 1.54) is 61.6 Å². The summed E-state index contributed by atoms with van der Waals surface area (Å²) in [5.74, 6) is 6.63. The summed E-state index contributed by atoms with van der Waals surface area (Å²) < 4.78 is 0. The van der Waals surface area contributed by atoms with Gasteiger partial charge in [-0.1, -0.05) is 50.3 Å². The van der Waals surface area contributed by atoms with Gasteiger partial charge in [0.1, 0.15) is 0 Å². The summed E-state index contributed by atoms with van der Waals surface area (Å²) in [6.45, 7) is 4.43. The summed E-state index contributed by atoms with van der Waals surface area (Å²) >= 11 is 0. The minimum atomic E-state index is 0.424. The zero-order valence-corrected chi connectivity index (χ0v) is 13.1. The van der Waals surface area contributed by atoms with Crippen molar-refractivity contribution in [2.75, 3.05) is 0 Å². The van der Waals surface area contributed by atoms with Crippen LogP contribution >= 0.6 is 0 Å². The Morgan fingerprint density at radius 3 is 2.15 bits per heavy atom. The number of hydrazine groups is 1. The summed E-state index contributed by atoms with van der Waals surface area (Å²) in [4.78, 5) is 0. The van der Waals surface area contributed by atoms with Crippen molar-refractivity contribution in [2.45, 2.75) is 71.3 Å². The lowest BCUT2D eigenvalue weighted by molar-refractivity contribution is 0.284. The SMILES string of the molecule is Cc1cccc(C)c1CC(NN)C1CCCCCCC1. The van der Waals surface area contributed by atoms with Crippen molar-refractivity contribution in [1.82, 2.24) is 5.43 Å². The van der Waals surface area contributed by atoms with Gasteiger partial charge in [0.25, 0.3) is 0 Å². The first-order chi connectivity index (χ1) is 9.72. The molecule has 1 aromatic rings. The van der Waals surface area contributed by atoms with E-state index in [0.29, 0.717) is 6.04 Å². The van der Waals surface area contributed by atoms with Gasteiger partial charge in [0, 0.05) is 6.04 Å². The van der Waals surface area contributed by atoms with Gasteiger partial charge in [-0.2, -0.15) is 0 Å². The second-order valence-electron chi connectivity index (χ2n) is 6.45. The zero-order chi connectivity index (χ0) is 14.4. The van der Waals surface area contributed by atoms with Crippen molar-refractivity contribution in [3.05, 3.63) is 34.9 Å². The third-order valence-electron chi connectivity index (χ3n) is 5.00. The lowest BCUT2D eigenvalue weighted by Crippen LogP contribution is -2.43. The Balaban J connectivity index is 2.07. The van der Waals surface area contributed by atoms with Gasteiger partial charge in [0.2, 0.25) is 0 Å². The van der Waals surface area contributed by atoms with Crippen LogP contribution in [0.2, 0.25) is 0 Å². The molecule has 1 atom stereocenters. The van der Waals surface area contributed by atoms with Crippen LogP contribution in [0.3, 0.4) is 0 Å². The van der Waals surface area contributed by atoms with Gasteiger partial charge in [-0.3, -0.25) is 11.3 Å². The molecule has 0 saturated heterocycles. The van der Waals surface area contributed by atoms with E-state index in [1.807, 2.05) is 0 Å². The molecular formula is C18H30N2. The van der Waals surface area contributed by atoms with Gasteiger partial charge in [-0.05, 0) is 55.7 Å². The molecule has 0 aliphatic heterocycles. The fourth-order valence-electron chi connectivity index (χ4n) is 3.64. The first-order valence-electron chi connectivity index (χ1n) is 8.23. The van der Waals surface area contributed by atoms with Crippen LogP contribution in [0.5, 0.6) is 0 Å². The predicted molar refractivity (Wildman–Crippen MR) is 86.5 cm³/mol. The third kappa shape index (κ3) is 4.07. The van der Waals surface area contributed by atoms with Gasteiger partial charge in [-0.25, -0.2) is 0 Å². The van der Waals surface area contributed by atoms with E-state index in [9.17, 15) is 0 Å². The summed E-state index contributed by atoms with van der Waals surface area (Å²) in [6.07, 6.45) is 10.7. The molecule has 1 unspecified atom stereocenters. The first kappa shape index (κ1) is 15.5. The Bertz CT molecular complexity index is 386. The molecule has 2 nitrogen and oxygen atoms in total. The molecule has 20 heavy (non-hydrogen) atoms. The summed E-state index contributed by atoms with van der Waals surface area (Å²) in [7, 11) is 0. The fraction of sp³-hybridized carbons (Fsp3) is 0.667. The largest absolute Gasteiger partial charge is 0.271 e. The smallest absolute Gasteiger partial charge is 0.0279 e. The Kier molecular flexibility index (Phi) is 6.06. The van der Waals surface area contributed by atoms with E-state index in [1.54, 1.807) is 0 Å². The number of aryl methyl sites for hydroxylation is 2. The van der Waals surface area contributed by atoms with Gasteiger partial charge >= 0.3 is 0 Å². The molecule has 1 aromatic carbocycles. The molecule has 112 valence electrons. The van der Waals surface area contributed by atoms with Crippen molar-refractivity contribution >= 4 is 0 Å². The monoisotopic (exact) mass is 274 g/mol. The average molecular weight is 274 g/mol. The second kappa shape index (κ2) is 7.80. The molecule has 0 radical (unpaired) electrons. The van der Waals surface area contributed by atoms with Crippen LogP contribution in [0.15, 0.2) is 18.2 Å². The van der Waals surface area contributed by atoms with Crippen LogP contribution in [0.25, 0.3) is 0 Å². The Morgan fingerprint density at radius 1 is 1.05 bits per heavy atom. The van der Waals surface area contributed by atoms with Gasteiger partial charge in [0.15, 0.2) is 0 Å². The van der Waals surface area contributed by atoms with E-state index in [4.69, 9.17) is 5.84 Å². The van der Waals surface area contributed by atoms with Crippen LogP contribution in [-0.4, -0.2) is 6.04 Å². The topological polar surface area (TPSA) is 38.0 Å². The number of nitrogens with one attached hydrogen (secondary N) is 1. The highest BCUT2D eigenvalue weighted by Gasteiger charge is 2.22. The lowest BCUT2D eigenvalue weighted by Gasteiger charge is -2.29. The Morgan fingerprint density at radius 2 is 1.60 bits per heavy atom. The standard InChI is InChI=1S/C18H30N2/c1-14-9-8-10-15(2)17(14)13-18(20-19)16-11-6-4-3-5-7-12-16/h8-10,16,18,20H,3-7,11-13,19H2,1-2H3. The van der Waals surface area contributed by atoms with Gasteiger partial charge in [-0.15, -0.1) is 0 Å². The molecule has 1 fully saturated rings. The van der Waals surface area contributed by atoms with Crippen LogP contribution in [0.4, 0.5) is 0 Å². The Hall–Kier alpha value is -0.860. The number of rotatable bonds is 4. The molecule has 1 aliphatic carbocycles. The van der Waals surface area contributed by atoms with Crippen molar-refractivity contribution in [1.29, 1.82) is 0 Å². The molecule has 1 saturated carbocycles. The van der Waals surface area contributed by atoms with Crippen molar-refractivity contribution < 1.29 is 0 Å². The quantitative estimate of drug-likeness (QED) is 0.642. The van der Waals surface area contributed by atoms with E-state index >= 15 is 0 Å². The maximum Gasteiger partial charge on any atom is 0.0279 e. The first-order valence-corrected chi connectivity index (χ1v) is 8.23. The summed E-state index contributed by atoms with van der Waals surface area (Å²) in [6, 6.07) is 7.00. The van der Waals surface area contributed by atoms with Gasteiger partial charge in [0.05, 0.1) is 0 Å². The maximum absolute atomic E-state index is 5.89. The average Bonchev–Trinajstić information content (AvgIpc) is 2.39. The molecule has 2 rings (SSSR count). The van der Waals surface area contributed by atoms with Crippen molar-refractivity contribution in [3.63, 3.8) is 0 Å². The van der Waals surface area contributed by atoms with E-state index < -0.39 is 0 Å². The lowest BCUT2D eigenvalue weighted by atomic mass is 9.82. The molecular weight excluding hydrogens is 244 g/mol. The zero-order valence-electron chi connectivity index (χ0n) is 13.1. The molecule has 2 heteroatoms. The van der Waals surface area contributed by atoms with Crippen LogP contribution < -0.4 is 11.3 Å². The Labute approximate surface area is 124 Å². The molecule has 0 aromatic heterocycles. The predicted octanol–water partition coefficient (Wildman–Crippen LogP) is 4.04. The highest BCUT2D eigenvalue weighted by molar-refractivity contribution is 5.34. The van der Waals surface area contributed by atoms with E-state index in [-0.39, 0.29) is 0 Å². The van der Waals surface area contributed by atoms with E-state index in [2.05, 4.69) is 37.5 Å². The van der Waals surface area contributed by atoms with Crippen LogP contribution in [0, 0.1) is 19.8 Å². The number of hydrogen-bond donors (Lipinski definition) is 2. The number of benzene rings is 1. The summed E-state index contributed by atoms with van der Waals surface area (Å²) in [5.41, 5.74) is 7.41. The second-order valence-corrected chi connectivity index (χ2v) is 6.45. The fourth-order valence-corrected chi connectivity index (χ4v) is 3.64. The minimum absolute atomic E-state index is 0.424. The number of nitrogens with two attached hydrogens (primary N) is 1. The minimum Gasteiger partial charge on any atom is -0.271 e. The molecule has 0 bridgehead atoms. The van der Waals surface area contributed by atoms with Gasteiger partial charge < -0.3 is 0 Å². The van der Waals surface area contributed by atoms with Crippen molar-refractivity contribution in [3.8, 4) is 0 Å². The number of hydrogen-bond acceptors (Lipinski definition) is 2. The maximum atomic E-state index is 5.89. The van der Waals surface area contributed by atoms with Crippen LogP contribution in [-0.2, 0) is 6.42 Å². The molecule has 3 N–H and O–H groups in total. The highest BCUT2D eigenvalue weighted by Crippen LogP contribution is 2.27. The normalized spacial score (nSPS) is 19.4. The van der Waals surface area contributed by atoms with Crippen molar-refractivity contribution in [2.24, 2.45) is 11.8 Å². The summed E-state index contributed by atoms with van der Waals surface area (Å²) in [5, 5.41) is 0. The molecule has 0 heterocycles. The van der Waals surface area contributed by atoms with E-state index in [0.717, 1.165) is 12.3 Å². The highest BCUT2D eigenvalue weighted by atomic mass is 15.2. The van der Waals surface area contributed by atoms with Crippen LogP contribution in [0.1, 0.15) is 61.6 Å².